The first-order valence-corrected chi connectivity index (χ1v) is 13.0. The molecule has 34 heavy (non-hydrogen) atoms. The molecule has 176 valence electrons. The van der Waals surface area contributed by atoms with Crippen LogP contribution in [-0.2, 0) is 16.6 Å². The highest BCUT2D eigenvalue weighted by molar-refractivity contribution is 7.88. The number of sulfonamides is 1. The molecule has 4 aromatic rings. The molecule has 1 saturated heterocycles. The lowest BCUT2D eigenvalue weighted by atomic mass is 10.2. The molecule has 1 aliphatic rings. The topological polar surface area (TPSA) is 111 Å². The fraction of sp³-hybridized carbons (Fsp3) is 0.261. The third-order valence-electron chi connectivity index (χ3n) is 5.97. The van der Waals surface area contributed by atoms with Crippen LogP contribution in [0.3, 0.4) is 0 Å². The molecular formula is C23H24ClN7O2S. The highest BCUT2D eigenvalue weighted by atomic mass is 35.5. The van der Waals surface area contributed by atoms with Gasteiger partial charge in [0, 0.05) is 30.9 Å². The van der Waals surface area contributed by atoms with Crippen LogP contribution in [0.5, 0.6) is 0 Å². The molecule has 0 spiro atoms. The zero-order valence-electron chi connectivity index (χ0n) is 18.8. The van der Waals surface area contributed by atoms with E-state index >= 15 is 0 Å². The molecule has 11 heteroatoms. The second-order valence-corrected chi connectivity index (χ2v) is 10.9. The van der Waals surface area contributed by atoms with Gasteiger partial charge in [0.05, 0.1) is 34.7 Å². The number of halogens is 1. The lowest BCUT2D eigenvalue weighted by Gasteiger charge is -2.34. The molecule has 0 amide bonds. The highest BCUT2D eigenvalue weighted by Crippen LogP contribution is 2.27. The van der Waals surface area contributed by atoms with Crippen molar-refractivity contribution in [3.05, 3.63) is 70.6 Å². The van der Waals surface area contributed by atoms with Crippen LogP contribution in [0.25, 0.3) is 22.4 Å². The molecule has 3 aromatic heterocycles. The number of hydrogen-bond acceptors (Lipinski definition) is 6. The standard InChI is InChI=1S/C23H24ClN7O2S/c1-15-27-28-23-7-6-20-22(31(15)23)11-21(30(20)12-16-4-3-5-17(24)10-16)19(25)8-9-26-18-13-29(14-18)34(2,32)33/h3-11,18H,12-14,25H2,1-2H3. The number of rotatable bonds is 6. The normalized spacial score (nSPS) is 16.1. The SMILES string of the molecule is Cc1nnc2ccc3c(cc(C(N)=CC=NC4CN(S(C)(=O)=O)C4)n3Cc3cccc(Cl)c3)n12. The van der Waals surface area contributed by atoms with Gasteiger partial charge in [0.1, 0.15) is 5.82 Å². The van der Waals surface area contributed by atoms with Crippen LogP contribution in [0.4, 0.5) is 0 Å². The van der Waals surface area contributed by atoms with Crippen LogP contribution < -0.4 is 5.73 Å². The Labute approximate surface area is 202 Å². The fourth-order valence-corrected chi connectivity index (χ4v) is 5.28. The summed E-state index contributed by atoms with van der Waals surface area (Å²) in [5.41, 5.74) is 11.6. The Morgan fingerprint density at radius 2 is 2.00 bits per heavy atom. The summed E-state index contributed by atoms with van der Waals surface area (Å²) in [6, 6.07) is 13.7. The van der Waals surface area contributed by atoms with E-state index in [1.54, 1.807) is 12.3 Å². The van der Waals surface area contributed by atoms with E-state index in [1.807, 2.05) is 53.8 Å². The summed E-state index contributed by atoms with van der Waals surface area (Å²) in [6.45, 7) is 3.27. The van der Waals surface area contributed by atoms with Crippen molar-refractivity contribution >= 4 is 50.2 Å². The minimum atomic E-state index is -3.16. The van der Waals surface area contributed by atoms with Gasteiger partial charge in [-0.05, 0) is 48.9 Å². The van der Waals surface area contributed by atoms with E-state index in [-0.39, 0.29) is 6.04 Å². The van der Waals surface area contributed by atoms with E-state index in [0.717, 1.165) is 33.8 Å². The van der Waals surface area contributed by atoms with Crippen LogP contribution in [0.1, 0.15) is 17.1 Å². The van der Waals surface area contributed by atoms with Crippen LogP contribution in [0, 0.1) is 6.92 Å². The number of aromatic nitrogens is 4. The number of nitrogens with zero attached hydrogens (tertiary/aromatic N) is 6. The van der Waals surface area contributed by atoms with E-state index in [0.29, 0.717) is 30.4 Å². The molecular weight excluding hydrogens is 474 g/mol. The molecule has 0 aliphatic carbocycles. The Kier molecular flexibility index (Phi) is 5.67. The maximum absolute atomic E-state index is 11.5. The van der Waals surface area contributed by atoms with Crippen LogP contribution in [-0.4, -0.2) is 63.5 Å². The number of pyridine rings is 1. The van der Waals surface area contributed by atoms with Crippen LogP contribution in [0.2, 0.25) is 5.02 Å². The van der Waals surface area contributed by atoms with Gasteiger partial charge in [0.2, 0.25) is 10.0 Å². The number of aliphatic imine (C=N–C) groups is 1. The van der Waals surface area contributed by atoms with E-state index in [4.69, 9.17) is 17.3 Å². The van der Waals surface area contributed by atoms with E-state index < -0.39 is 10.0 Å². The molecule has 0 atom stereocenters. The predicted molar refractivity (Wildman–Crippen MR) is 135 cm³/mol. The number of nitrogens with two attached hydrogens (primary N) is 1. The Bertz CT molecular complexity index is 1560. The average molecular weight is 498 g/mol. The van der Waals surface area contributed by atoms with Gasteiger partial charge in [-0.15, -0.1) is 10.2 Å². The average Bonchev–Trinajstić information content (AvgIpc) is 3.29. The van der Waals surface area contributed by atoms with Crippen LogP contribution >= 0.6 is 11.6 Å². The largest absolute Gasteiger partial charge is 0.397 e. The molecule has 1 aliphatic heterocycles. The number of hydrogen-bond donors (Lipinski definition) is 1. The second kappa shape index (κ2) is 8.53. The van der Waals surface area contributed by atoms with Gasteiger partial charge in [-0.1, -0.05) is 23.7 Å². The first-order chi connectivity index (χ1) is 16.2. The van der Waals surface area contributed by atoms with Gasteiger partial charge in [-0.25, -0.2) is 8.42 Å². The van der Waals surface area contributed by atoms with E-state index in [2.05, 4.69) is 19.8 Å². The summed E-state index contributed by atoms with van der Waals surface area (Å²) >= 11 is 6.22. The number of benzene rings is 1. The predicted octanol–water partition coefficient (Wildman–Crippen LogP) is 2.71. The molecule has 9 nitrogen and oxygen atoms in total. The second-order valence-electron chi connectivity index (χ2n) is 8.44. The van der Waals surface area contributed by atoms with Gasteiger partial charge in [-0.2, -0.15) is 4.31 Å². The highest BCUT2D eigenvalue weighted by Gasteiger charge is 2.32. The van der Waals surface area contributed by atoms with Crippen molar-refractivity contribution < 1.29 is 8.42 Å². The van der Waals surface area contributed by atoms with Crippen molar-refractivity contribution in [2.45, 2.75) is 19.5 Å². The van der Waals surface area contributed by atoms with Crippen molar-refractivity contribution in [3.63, 3.8) is 0 Å². The first kappa shape index (κ1) is 22.6. The summed E-state index contributed by atoms with van der Waals surface area (Å²) < 4.78 is 28.6. The smallest absolute Gasteiger partial charge is 0.211 e. The maximum atomic E-state index is 11.5. The number of allylic oxidation sites excluding steroid dienone is 1. The molecule has 0 radical (unpaired) electrons. The van der Waals surface area contributed by atoms with Gasteiger partial charge >= 0.3 is 0 Å². The van der Waals surface area contributed by atoms with E-state index in [1.165, 1.54) is 10.6 Å². The fourth-order valence-electron chi connectivity index (χ4n) is 4.18. The molecule has 5 rings (SSSR count). The van der Waals surface area contributed by atoms with E-state index in [9.17, 15) is 8.42 Å². The third-order valence-corrected chi connectivity index (χ3v) is 7.44. The lowest BCUT2D eigenvalue weighted by molar-refractivity contribution is 0.270. The Morgan fingerprint density at radius 1 is 1.21 bits per heavy atom. The zero-order valence-corrected chi connectivity index (χ0v) is 20.3. The van der Waals surface area contributed by atoms with Gasteiger partial charge in [-0.3, -0.25) is 9.39 Å². The minimum Gasteiger partial charge on any atom is -0.397 e. The Balaban J connectivity index is 1.52. The molecule has 2 N–H and O–H groups in total. The lowest BCUT2D eigenvalue weighted by Crippen LogP contribution is -2.52. The van der Waals surface area contributed by atoms with Crippen molar-refractivity contribution in [2.24, 2.45) is 10.7 Å². The van der Waals surface area contributed by atoms with Gasteiger partial charge in [0.15, 0.2) is 5.65 Å². The summed E-state index contributed by atoms with van der Waals surface area (Å²) in [6.07, 6.45) is 4.61. The molecule has 0 bridgehead atoms. The molecule has 1 aromatic carbocycles. The number of aryl methyl sites for hydroxylation is 1. The first-order valence-electron chi connectivity index (χ1n) is 10.7. The van der Waals surface area contributed by atoms with Crippen molar-refractivity contribution in [2.75, 3.05) is 19.3 Å². The molecule has 4 heterocycles. The number of fused-ring (bicyclic) bond motifs is 3. The van der Waals surface area contributed by atoms with Crippen molar-refractivity contribution in [3.8, 4) is 0 Å². The summed E-state index contributed by atoms with van der Waals surface area (Å²) in [5, 5.41) is 9.11. The maximum Gasteiger partial charge on any atom is 0.211 e. The molecule has 0 saturated carbocycles. The van der Waals surface area contributed by atoms with Crippen molar-refractivity contribution in [1.29, 1.82) is 0 Å². The summed E-state index contributed by atoms with van der Waals surface area (Å²) in [5.74, 6) is 0.789. The Hall–Kier alpha value is -3.21. The molecule has 1 fully saturated rings. The minimum absolute atomic E-state index is 0.0598. The summed E-state index contributed by atoms with van der Waals surface area (Å²) in [4.78, 5) is 4.45. The van der Waals surface area contributed by atoms with Crippen LogP contribution in [0.15, 0.2) is 53.5 Å². The van der Waals surface area contributed by atoms with Gasteiger partial charge in [0.25, 0.3) is 0 Å². The third kappa shape index (κ3) is 4.20. The summed E-state index contributed by atoms with van der Waals surface area (Å²) in [7, 11) is -3.16. The monoisotopic (exact) mass is 497 g/mol. The Morgan fingerprint density at radius 3 is 2.74 bits per heavy atom. The quantitative estimate of drug-likeness (QED) is 0.412. The van der Waals surface area contributed by atoms with Gasteiger partial charge < -0.3 is 10.3 Å². The zero-order chi connectivity index (χ0) is 24.0. The van der Waals surface area contributed by atoms with Crippen molar-refractivity contribution in [1.82, 2.24) is 23.5 Å². The molecule has 0 unspecified atom stereocenters.